The minimum absolute atomic E-state index is 0.529. The molecule has 24 heavy (non-hydrogen) atoms. The Balaban J connectivity index is 1.18. The lowest BCUT2D eigenvalue weighted by Crippen LogP contribution is -2.69. The number of alkyl halides is 1. The van der Waals surface area contributed by atoms with Crippen LogP contribution in [0.3, 0.4) is 0 Å². The summed E-state index contributed by atoms with van der Waals surface area (Å²) in [5.41, 5.74) is 0.146. The summed E-state index contributed by atoms with van der Waals surface area (Å²) in [5.74, 6) is 0.774. The van der Waals surface area contributed by atoms with Crippen LogP contribution < -0.4 is 0 Å². The molecule has 1 spiro atoms. The molecule has 0 atom stereocenters. The van der Waals surface area contributed by atoms with Crippen molar-refractivity contribution in [1.82, 2.24) is 14.7 Å². The molecule has 0 N–H and O–H groups in total. The molecular formula is C20H36FN3. The Morgan fingerprint density at radius 1 is 0.875 bits per heavy atom. The van der Waals surface area contributed by atoms with Gasteiger partial charge in [-0.25, -0.2) is 4.39 Å². The maximum atomic E-state index is 15.0. The molecular weight excluding hydrogens is 301 g/mol. The summed E-state index contributed by atoms with van der Waals surface area (Å²) in [4.78, 5) is 7.21. The van der Waals surface area contributed by atoms with Gasteiger partial charge in [0.05, 0.1) is 0 Å². The van der Waals surface area contributed by atoms with Gasteiger partial charge in [-0.15, -0.1) is 0 Å². The normalized spacial score (nSPS) is 31.9. The molecule has 1 aliphatic carbocycles. The van der Waals surface area contributed by atoms with Crippen LogP contribution in [0.25, 0.3) is 0 Å². The van der Waals surface area contributed by atoms with Gasteiger partial charge in [-0.3, -0.25) is 9.80 Å². The number of rotatable bonds is 6. The minimum atomic E-state index is -0.930. The smallest absolute Gasteiger partial charge is 0.148 e. The summed E-state index contributed by atoms with van der Waals surface area (Å²) in [6.45, 7) is 12.6. The topological polar surface area (TPSA) is 9.72 Å². The summed E-state index contributed by atoms with van der Waals surface area (Å²) in [5, 5.41) is 0. The van der Waals surface area contributed by atoms with Crippen LogP contribution in [-0.4, -0.2) is 79.8 Å². The van der Waals surface area contributed by atoms with E-state index in [9.17, 15) is 0 Å². The molecule has 4 aliphatic rings. The second-order valence-corrected chi connectivity index (χ2v) is 10.3. The SMILES string of the molecule is CC(C)CC1(CN2CC(F)(CN3CC4(CCN(C)CC4)C3)C2)CC1. The van der Waals surface area contributed by atoms with Crippen molar-refractivity contribution in [2.24, 2.45) is 16.7 Å². The first-order chi connectivity index (χ1) is 11.3. The van der Waals surface area contributed by atoms with Crippen molar-refractivity contribution in [1.29, 1.82) is 0 Å². The monoisotopic (exact) mass is 337 g/mol. The minimum Gasteiger partial charge on any atom is -0.306 e. The van der Waals surface area contributed by atoms with Crippen molar-refractivity contribution in [3.8, 4) is 0 Å². The summed E-state index contributed by atoms with van der Waals surface area (Å²) < 4.78 is 15.0. The molecule has 4 heteroatoms. The number of hydrogen-bond acceptors (Lipinski definition) is 3. The largest absolute Gasteiger partial charge is 0.306 e. The Morgan fingerprint density at radius 2 is 1.46 bits per heavy atom. The third kappa shape index (κ3) is 3.52. The van der Waals surface area contributed by atoms with Crippen LogP contribution in [0.5, 0.6) is 0 Å². The quantitative estimate of drug-likeness (QED) is 0.738. The molecule has 4 rings (SSSR count). The zero-order valence-corrected chi connectivity index (χ0v) is 16.0. The Hall–Kier alpha value is -0.190. The van der Waals surface area contributed by atoms with E-state index >= 15 is 4.39 Å². The van der Waals surface area contributed by atoms with E-state index in [1.165, 1.54) is 45.2 Å². The predicted octanol–water partition coefficient (Wildman–Crippen LogP) is 2.86. The average Bonchev–Trinajstić information content (AvgIpc) is 3.16. The van der Waals surface area contributed by atoms with Gasteiger partial charge < -0.3 is 4.90 Å². The molecule has 3 aliphatic heterocycles. The summed E-state index contributed by atoms with van der Waals surface area (Å²) in [6, 6.07) is 0. The fourth-order valence-electron chi connectivity index (χ4n) is 5.73. The zero-order valence-electron chi connectivity index (χ0n) is 16.0. The predicted molar refractivity (Wildman–Crippen MR) is 97.0 cm³/mol. The standard InChI is InChI=1S/C20H36FN3/c1-17(2)10-18(4-5-18)11-24-15-20(21,16-24)14-23-12-19(13-23)6-8-22(3)9-7-19/h17H,4-16H2,1-3H3. The maximum absolute atomic E-state index is 15.0. The second kappa shape index (κ2) is 5.92. The van der Waals surface area contributed by atoms with Gasteiger partial charge >= 0.3 is 0 Å². The number of likely N-dealkylation sites (tertiary alicyclic amines) is 3. The van der Waals surface area contributed by atoms with Gasteiger partial charge in [0.25, 0.3) is 0 Å². The molecule has 4 fully saturated rings. The molecule has 3 heterocycles. The lowest BCUT2D eigenvalue weighted by molar-refractivity contribution is -0.111. The van der Waals surface area contributed by atoms with Crippen molar-refractivity contribution in [2.45, 2.75) is 51.6 Å². The molecule has 0 bridgehead atoms. The van der Waals surface area contributed by atoms with E-state index < -0.39 is 5.67 Å². The van der Waals surface area contributed by atoms with E-state index in [1.54, 1.807) is 0 Å². The highest BCUT2D eigenvalue weighted by molar-refractivity contribution is 5.07. The fourth-order valence-corrected chi connectivity index (χ4v) is 5.73. The summed E-state index contributed by atoms with van der Waals surface area (Å²) in [7, 11) is 2.22. The molecule has 3 nitrogen and oxygen atoms in total. The highest BCUT2D eigenvalue weighted by atomic mass is 19.1. The summed E-state index contributed by atoms with van der Waals surface area (Å²) >= 11 is 0. The van der Waals surface area contributed by atoms with Gasteiger partial charge in [-0.1, -0.05) is 13.8 Å². The number of piperidine rings is 1. The molecule has 3 saturated heterocycles. The first-order valence-electron chi connectivity index (χ1n) is 10.1. The summed E-state index contributed by atoms with van der Waals surface area (Å²) in [6.07, 6.45) is 6.67. The Labute approximate surface area is 147 Å². The molecule has 0 unspecified atom stereocenters. The number of nitrogens with zero attached hydrogens (tertiary/aromatic N) is 3. The number of hydrogen-bond donors (Lipinski definition) is 0. The molecule has 138 valence electrons. The van der Waals surface area contributed by atoms with Crippen LogP contribution in [0.2, 0.25) is 0 Å². The highest BCUT2D eigenvalue weighted by Crippen LogP contribution is 2.52. The van der Waals surface area contributed by atoms with Crippen LogP contribution in [0.1, 0.15) is 46.0 Å². The zero-order chi connectivity index (χ0) is 17.0. The molecule has 0 radical (unpaired) electrons. The van der Waals surface area contributed by atoms with Gasteiger partial charge in [0, 0.05) is 39.3 Å². The molecule has 0 amide bonds. The third-order valence-electron chi connectivity index (χ3n) is 7.04. The van der Waals surface area contributed by atoms with Crippen LogP contribution >= 0.6 is 0 Å². The van der Waals surface area contributed by atoms with Crippen LogP contribution in [0.4, 0.5) is 4.39 Å². The Kier molecular flexibility index (Phi) is 4.25. The first kappa shape index (κ1) is 17.2. The van der Waals surface area contributed by atoms with E-state index in [2.05, 4.69) is 35.6 Å². The van der Waals surface area contributed by atoms with Crippen molar-refractivity contribution in [3.63, 3.8) is 0 Å². The van der Waals surface area contributed by atoms with E-state index in [0.717, 1.165) is 25.6 Å². The van der Waals surface area contributed by atoms with Crippen molar-refractivity contribution < 1.29 is 4.39 Å². The third-order valence-corrected chi connectivity index (χ3v) is 7.04. The molecule has 0 aromatic heterocycles. The van der Waals surface area contributed by atoms with Crippen LogP contribution in [0, 0.1) is 16.7 Å². The van der Waals surface area contributed by atoms with E-state index in [-0.39, 0.29) is 0 Å². The lowest BCUT2D eigenvalue weighted by Gasteiger charge is -2.57. The van der Waals surface area contributed by atoms with E-state index in [1.807, 2.05) is 0 Å². The van der Waals surface area contributed by atoms with Gasteiger partial charge in [0.15, 0.2) is 0 Å². The Bertz CT molecular complexity index is 452. The van der Waals surface area contributed by atoms with E-state index in [0.29, 0.717) is 30.5 Å². The van der Waals surface area contributed by atoms with E-state index in [4.69, 9.17) is 0 Å². The maximum Gasteiger partial charge on any atom is 0.148 e. The molecule has 1 saturated carbocycles. The average molecular weight is 338 g/mol. The van der Waals surface area contributed by atoms with Gasteiger partial charge in [0.1, 0.15) is 5.67 Å². The molecule has 0 aromatic rings. The fraction of sp³-hybridized carbons (Fsp3) is 1.00. The highest BCUT2D eigenvalue weighted by Gasteiger charge is 2.53. The Morgan fingerprint density at radius 3 is 2.00 bits per heavy atom. The van der Waals surface area contributed by atoms with Gasteiger partial charge in [0.2, 0.25) is 0 Å². The lowest BCUT2D eigenvalue weighted by atomic mass is 9.71. The second-order valence-electron chi connectivity index (χ2n) is 10.3. The van der Waals surface area contributed by atoms with Crippen LogP contribution in [0.15, 0.2) is 0 Å². The van der Waals surface area contributed by atoms with Gasteiger partial charge in [-0.2, -0.15) is 0 Å². The van der Waals surface area contributed by atoms with Crippen molar-refractivity contribution >= 4 is 0 Å². The first-order valence-corrected chi connectivity index (χ1v) is 10.1. The van der Waals surface area contributed by atoms with Gasteiger partial charge in [-0.05, 0) is 69.0 Å². The van der Waals surface area contributed by atoms with Crippen molar-refractivity contribution in [2.75, 3.05) is 59.4 Å². The van der Waals surface area contributed by atoms with Crippen LogP contribution in [-0.2, 0) is 0 Å². The number of halogens is 1. The van der Waals surface area contributed by atoms with Crippen molar-refractivity contribution in [3.05, 3.63) is 0 Å². The molecule has 0 aromatic carbocycles.